The molecule has 0 N–H and O–H groups in total. The van der Waals surface area contributed by atoms with Gasteiger partial charge in [0.2, 0.25) is 8.32 Å². The number of hydrogen-bond acceptors (Lipinski definition) is 1. The second-order valence-electron chi connectivity index (χ2n) is 7.73. The summed E-state index contributed by atoms with van der Waals surface area (Å²) in [5, 5.41) is 0.234. The summed E-state index contributed by atoms with van der Waals surface area (Å²) in [7, 11) is -1.78. The Morgan fingerprint density at radius 1 is 1.05 bits per heavy atom. The standard InChI is InChI=1S/C18H28OSi/c1-12-9-15-11-13(2)17(14(3)16(15)10-12)19-20(7,8)18(4,5)6/h9-11,16H,1-8H3. The zero-order chi connectivity index (χ0) is 15.3. The van der Waals surface area contributed by atoms with Gasteiger partial charge in [-0.1, -0.05) is 44.6 Å². The molecule has 0 spiro atoms. The van der Waals surface area contributed by atoms with Crippen molar-refractivity contribution < 1.29 is 4.43 Å². The van der Waals surface area contributed by atoms with Gasteiger partial charge in [0.05, 0.1) is 0 Å². The van der Waals surface area contributed by atoms with E-state index in [2.05, 4.69) is 72.9 Å². The van der Waals surface area contributed by atoms with Crippen molar-refractivity contribution in [1.82, 2.24) is 0 Å². The van der Waals surface area contributed by atoms with Gasteiger partial charge < -0.3 is 4.43 Å². The fourth-order valence-corrected chi connectivity index (χ4v) is 3.74. The second kappa shape index (κ2) is 4.76. The third-order valence-corrected chi connectivity index (χ3v) is 9.24. The summed E-state index contributed by atoms with van der Waals surface area (Å²) >= 11 is 0. The average molecular weight is 289 g/mol. The molecule has 0 fully saturated rings. The van der Waals surface area contributed by atoms with Gasteiger partial charge in [-0.15, -0.1) is 0 Å². The van der Waals surface area contributed by atoms with E-state index in [4.69, 9.17) is 4.43 Å². The molecule has 1 nitrogen and oxygen atoms in total. The molecule has 0 aromatic carbocycles. The molecule has 0 aromatic rings. The SMILES string of the molecule is CC1=CC2C(=C1)C=C(C)C(O[Si](C)(C)C(C)(C)C)=C2C. The van der Waals surface area contributed by atoms with Crippen molar-refractivity contribution in [3.05, 3.63) is 46.3 Å². The molecule has 0 saturated heterocycles. The van der Waals surface area contributed by atoms with Crippen LogP contribution in [0.3, 0.4) is 0 Å². The first kappa shape index (κ1) is 15.4. The molecular weight excluding hydrogens is 260 g/mol. The van der Waals surface area contributed by atoms with Crippen molar-refractivity contribution in [1.29, 1.82) is 0 Å². The van der Waals surface area contributed by atoms with Crippen molar-refractivity contribution in [2.75, 3.05) is 0 Å². The van der Waals surface area contributed by atoms with Gasteiger partial charge in [-0.3, -0.25) is 0 Å². The van der Waals surface area contributed by atoms with E-state index in [9.17, 15) is 0 Å². The van der Waals surface area contributed by atoms with E-state index >= 15 is 0 Å². The first-order valence-corrected chi connectivity index (χ1v) is 10.4. The first-order chi connectivity index (χ1) is 9.03. The van der Waals surface area contributed by atoms with Gasteiger partial charge in [-0.05, 0) is 55.6 Å². The molecule has 110 valence electrons. The molecule has 2 aliphatic rings. The molecule has 2 heteroatoms. The van der Waals surface area contributed by atoms with Crippen molar-refractivity contribution in [2.24, 2.45) is 5.92 Å². The van der Waals surface area contributed by atoms with Crippen molar-refractivity contribution in [3.63, 3.8) is 0 Å². The van der Waals surface area contributed by atoms with Crippen LogP contribution in [0.2, 0.25) is 18.1 Å². The van der Waals surface area contributed by atoms with Crippen LogP contribution >= 0.6 is 0 Å². The van der Waals surface area contributed by atoms with Crippen LogP contribution in [-0.2, 0) is 4.43 Å². The second-order valence-corrected chi connectivity index (χ2v) is 12.5. The van der Waals surface area contributed by atoms with Gasteiger partial charge in [-0.2, -0.15) is 0 Å². The van der Waals surface area contributed by atoms with Gasteiger partial charge >= 0.3 is 0 Å². The minimum absolute atomic E-state index is 0.234. The Kier molecular flexibility index (Phi) is 3.66. The Bertz CT molecular complexity index is 550. The molecule has 0 aromatic heterocycles. The minimum atomic E-state index is -1.78. The lowest BCUT2D eigenvalue weighted by Gasteiger charge is -2.39. The van der Waals surface area contributed by atoms with Gasteiger partial charge in [0.1, 0.15) is 5.76 Å². The lowest BCUT2D eigenvalue weighted by Crippen LogP contribution is -2.41. The summed E-state index contributed by atoms with van der Waals surface area (Å²) < 4.78 is 6.60. The first-order valence-electron chi connectivity index (χ1n) is 7.51. The van der Waals surface area contributed by atoms with Crippen LogP contribution in [0.4, 0.5) is 0 Å². The summed E-state index contributed by atoms with van der Waals surface area (Å²) in [5.41, 5.74) is 5.43. The predicted molar refractivity (Wildman–Crippen MR) is 90.1 cm³/mol. The zero-order valence-corrected chi connectivity index (χ0v) is 15.2. The van der Waals surface area contributed by atoms with E-state index in [1.807, 2.05) is 0 Å². The lowest BCUT2D eigenvalue weighted by molar-refractivity contribution is 0.382. The number of rotatable bonds is 2. The predicted octanol–water partition coefficient (Wildman–Crippen LogP) is 5.74. The molecule has 20 heavy (non-hydrogen) atoms. The number of fused-ring (bicyclic) bond motifs is 1. The maximum absolute atomic E-state index is 6.60. The van der Waals surface area contributed by atoms with Crippen LogP contribution < -0.4 is 0 Å². The molecule has 0 aliphatic heterocycles. The Morgan fingerprint density at radius 2 is 1.65 bits per heavy atom. The third kappa shape index (κ3) is 2.58. The Hall–Kier alpha value is -1.02. The van der Waals surface area contributed by atoms with E-state index in [-0.39, 0.29) is 5.04 Å². The largest absolute Gasteiger partial charge is 0.543 e. The summed E-state index contributed by atoms with van der Waals surface area (Å²) in [6.45, 7) is 18.1. The van der Waals surface area contributed by atoms with E-state index < -0.39 is 8.32 Å². The molecule has 0 radical (unpaired) electrons. The van der Waals surface area contributed by atoms with Gasteiger partial charge in [0.15, 0.2) is 0 Å². The summed E-state index contributed by atoms with van der Waals surface area (Å²) in [5.74, 6) is 1.57. The normalized spacial score (nSPS) is 23.2. The highest BCUT2D eigenvalue weighted by Crippen LogP contribution is 2.44. The Labute approximate surface area is 125 Å². The van der Waals surface area contributed by atoms with Crippen LogP contribution in [0.1, 0.15) is 41.5 Å². The fraction of sp³-hybridized carbons (Fsp3) is 0.556. The van der Waals surface area contributed by atoms with E-state index in [0.717, 1.165) is 5.76 Å². The molecule has 2 aliphatic carbocycles. The van der Waals surface area contributed by atoms with Crippen LogP contribution in [0.5, 0.6) is 0 Å². The molecule has 0 heterocycles. The summed E-state index contributed by atoms with van der Waals surface area (Å²) in [6.07, 6.45) is 6.94. The molecule has 0 bridgehead atoms. The van der Waals surface area contributed by atoms with Crippen LogP contribution in [0, 0.1) is 5.92 Å². The zero-order valence-electron chi connectivity index (χ0n) is 14.2. The van der Waals surface area contributed by atoms with Crippen LogP contribution in [0.15, 0.2) is 46.3 Å². The van der Waals surface area contributed by atoms with E-state index in [1.165, 1.54) is 22.3 Å². The molecule has 2 rings (SSSR count). The quantitative estimate of drug-likeness (QED) is 0.588. The average Bonchev–Trinajstić information content (AvgIpc) is 2.63. The number of hydrogen-bond donors (Lipinski definition) is 0. The van der Waals surface area contributed by atoms with Crippen LogP contribution in [0.25, 0.3) is 0 Å². The Balaban J connectivity index is 2.38. The Morgan fingerprint density at radius 3 is 2.20 bits per heavy atom. The van der Waals surface area contributed by atoms with Gasteiger partial charge in [0, 0.05) is 5.92 Å². The topological polar surface area (TPSA) is 9.23 Å². The highest BCUT2D eigenvalue weighted by Gasteiger charge is 2.40. The minimum Gasteiger partial charge on any atom is -0.543 e. The molecule has 0 saturated carbocycles. The highest BCUT2D eigenvalue weighted by molar-refractivity contribution is 6.74. The monoisotopic (exact) mass is 288 g/mol. The highest BCUT2D eigenvalue weighted by atomic mass is 28.4. The molecular formula is C18H28OSi. The molecule has 1 unspecified atom stereocenters. The summed E-state index contributed by atoms with van der Waals surface area (Å²) in [6, 6.07) is 0. The molecule has 1 atom stereocenters. The molecule has 0 amide bonds. The maximum Gasteiger partial charge on any atom is 0.250 e. The van der Waals surface area contributed by atoms with E-state index in [1.54, 1.807) is 0 Å². The lowest BCUT2D eigenvalue weighted by atomic mass is 9.86. The van der Waals surface area contributed by atoms with Crippen molar-refractivity contribution in [3.8, 4) is 0 Å². The third-order valence-electron chi connectivity index (χ3n) is 4.91. The maximum atomic E-state index is 6.60. The van der Waals surface area contributed by atoms with E-state index in [0.29, 0.717) is 5.92 Å². The van der Waals surface area contributed by atoms with Gasteiger partial charge in [0.25, 0.3) is 0 Å². The van der Waals surface area contributed by atoms with Gasteiger partial charge in [-0.25, -0.2) is 0 Å². The van der Waals surface area contributed by atoms with Crippen LogP contribution in [-0.4, -0.2) is 8.32 Å². The van der Waals surface area contributed by atoms with Crippen molar-refractivity contribution >= 4 is 8.32 Å². The van der Waals surface area contributed by atoms with Crippen molar-refractivity contribution in [2.45, 2.75) is 59.7 Å². The fourth-order valence-electron chi connectivity index (χ4n) is 2.60. The number of allylic oxidation sites excluding steroid dienone is 7. The smallest absolute Gasteiger partial charge is 0.250 e. The summed E-state index contributed by atoms with van der Waals surface area (Å²) in [4.78, 5) is 0.